The van der Waals surface area contributed by atoms with E-state index in [1.165, 1.54) is 0 Å². The molecule has 3 aromatic heterocycles. The maximum Gasteiger partial charge on any atom is 0.161 e. The molecular weight excluding hydrogens is 294 g/mol. The normalized spacial score (nSPS) is 10.9. The molecule has 0 aliphatic rings. The molecule has 3 heterocycles. The molecule has 0 radical (unpaired) electrons. The Morgan fingerprint density at radius 3 is 2.64 bits per heavy atom. The fraction of sp³-hybridized carbons (Fsp3) is 0. The van der Waals surface area contributed by atoms with Crippen molar-refractivity contribution in [2.45, 2.75) is 0 Å². The number of fused-ring (bicyclic) bond motifs is 1. The van der Waals surface area contributed by atoms with Crippen LogP contribution in [0.2, 0.25) is 0 Å². The van der Waals surface area contributed by atoms with Gasteiger partial charge in [-0.25, -0.2) is 15.0 Å². The molecule has 4 aromatic rings. The maximum atomic E-state index is 6.17. The Labute approximate surface area is 130 Å². The van der Waals surface area contributed by atoms with Crippen LogP contribution in [-0.4, -0.2) is 19.9 Å². The third kappa shape index (κ3) is 2.10. The summed E-state index contributed by atoms with van der Waals surface area (Å²) < 4.78 is 1.09. The van der Waals surface area contributed by atoms with Gasteiger partial charge in [0.25, 0.3) is 0 Å². The van der Waals surface area contributed by atoms with Gasteiger partial charge in [0.05, 0.1) is 15.7 Å². The predicted octanol–water partition coefficient (Wildman–Crippen LogP) is 3.40. The van der Waals surface area contributed by atoms with Gasteiger partial charge in [-0.1, -0.05) is 12.1 Å². The SMILES string of the molecule is Nc1nc(-c2ccncc2)ncc1-c1cccc2ncsc12. The first-order valence-corrected chi connectivity index (χ1v) is 7.56. The summed E-state index contributed by atoms with van der Waals surface area (Å²) in [5, 5.41) is 0. The van der Waals surface area contributed by atoms with Crippen LogP contribution in [0, 0.1) is 0 Å². The van der Waals surface area contributed by atoms with Crippen LogP contribution in [0.5, 0.6) is 0 Å². The van der Waals surface area contributed by atoms with E-state index in [0.29, 0.717) is 11.6 Å². The molecule has 4 rings (SSSR count). The number of thiazole rings is 1. The lowest BCUT2D eigenvalue weighted by Crippen LogP contribution is -1.99. The number of hydrogen-bond donors (Lipinski definition) is 1. The molecule has 0 atom stereocenters. The van der Waals surface area contributed by atoms with Gasteiger partial charge in [0, 0.05) is 35.3 Å². The van der Waals surface area contributed by atoms with Crippen molar-refractivity contribution in [3.8, 4) is 22.5 Å². The second kappa shape index (κ2) is 5.16. The molecule has 0 aliphatic carbocycles. The lowest BCUT2D eigenvalue weighted by atomic mass is 10.1. The summed E-state index contributed by atoms with van der Waals surface area (Å²) in [4.78, 5) is 17.2. The third-order valence-electron chi connectivity index (χ3n) is 3.40. The van der Waals surface area contributed by atoms with Crippen molar-refractivity contribution in [1.29, 1.82) is 0 Å². The van der Waals surface area contributed by atoms with Crippen molar-refractivity contribution in [1.82, 2.24) is 19.9 Å². The van der Waals surface area contributed by atoms with E-state index < -0.39 is 0 Å². The zero-order valence-electron chi connectivity index (χ0n) is 11.5. The molecule has 0 bridgehead atoms. The number of aromatic nitrogens is 4. The van der Waals surface area contributed by atoms with E-state index in [0.717, 1.165) is 26.9 Å². The second-order valence-electron chi connectivity index (χ2n) is 4.73. The molecule has 0 saturated heterocycles. The van der Waals surface area contributed by atoms with Crippen LogP contribution in [0.25, 0.3) is 32.7 Å². The van der Waals surface area contributed by atoms with Gasteiger partial charge in [-0.3, -0.25) is 4.98 Å². The van der Waals surface area contributed by atoms with Crippen molar-refractivity contribution in [2.24, 2.45) is 0 Å². The van der Waals surface area contributed by atoms with Crippen LogP contribution in [0.1, 0.15) is 0 Å². The Morgan fingerprint density at radius 2 is 1.82 bits per heavy atom. The van der Waals surface area contributed by atoms with Crippen molar-refractivity contribution in [2.75, 3.05) is 5.73 Å². The Kier molecular flexibility index (Phi) is 3.01. The Balaban J connectivity index is 1.86. The summed E-state index contributed by atoms with van der Waals surface area (Å²) in [5.41, 5.74) is 11.7. The van der Waals surface area contributed by atoms with Crippen LogP contribution >= 0.6 is 11.3 Å². The third-order valence-corrected chi connectivity index (χ3v) is 4.28. The van der Waals surface area contributed by atoms with Gasteiger partial charge >= 0.3 is 0 Å². The van der Waals surface area contributed by atoms with E-state index in [2.05, 4.69) is 19.9 Å². The van der Waals surface area contributed by atoms with Gasteiger partial charge in [0.2, 0.25) is 0 Å². The zero-order valence-corrected chi connectivity index (χ0v) is 12.3. The molecular formula is C16H11N5S. The van der Waals surface area contributed by atoms with Gasteiger partial charge in [0.15, 0.2) is 5.82 Å². The molecule has 0 unspecified atom stereocenters. The van der Waals surface area contributed by atoms with Crippen LogP contribution in [-0.2, 0) is 0 Å². The van der Waals surface area contributed by atoms with Crippen molar-refractivity contribution in [3.05, 3.63) is 54.4 Å². The van der Waals surface area contributed by atoms with E-state index >= 15 is 0 Å². The predicted molar refractivity (Wildman–Crippen MR) is 88.3 cm³/mol. The largest absolute Gasteiger partial charge is 0.383 e. The van der Waals surface area contributed by atoms with Crippen LogP contribution < -0.4 is 5.73 Å². The Hall–Kier alpha value is -2.86. The van der Waals surface area contributed by atoms with Gasteiger partial charge in [-0.2, -0.15) is 0 Å². The molecule has 0 fully saturated rings. The maximum absolute atomic E-state index is 6.17. The van der Waals surface area contributed by atoms with Crippen LogP contribution in [0.4, 0.5) is 5.82 Å². The molecule has 5 nitrogen and oxygen atoms in total. The molecule has 22 heavy (non-hydrogen) atoms. The molecule has 0 amide bonds. The van der Waals surface area contributed by atoms with Gasteiger partial charge in [-0.05, 0) is 18.2 Å². The molecule has 0 saturated carbocycles. The number of benzene rings is 1. The molecule has 0 spiro atoms. The van der Waals surface area contributed by atoms with Crippen LogP contribution in [0.3, 0.4) is 0 Å². The first-order chi connectivity index (χ1) is 10.8. The minimum Gasteiger partial charge on any atom is -0.383 e. The highest BCUT2D eigenvalue weighted by Gasteiger charge is 2.12. The van der Waals surface area contributed by atoms with Gasteiger partial charge in [0.1, 0.15) is 5.82 Å². The molecule has 106 valence electrons. The summed E-state index contributed by atoms with van der Waals surface area (Å²) in [5.74, 6) is 1.06. The topological polar surface area (TPSA) is 77.6 Å². The smallest absolute Gasteiger partial charge is 0.161 e. The number of nitrogens with zero attached hydrogens (tertiary/aromatic N) is 4. The lowest BCUT2D eigenvalue weighted by molar-refractivity contribution is 1.18. The quantitative estimate of drug-likeness (QED) is 0.614. The fourth-order valence-corrected chi connectivity index (χ4v) is 3.16. The fourth-order valence-electron chi connectivity index (χ4n) is 2.34. The number of hydrogen-bond acceptors (Lipinski definition) is 6. The number of rotatable bonds is 2. The van der Waals surface area contributed by atoms with E-state index in [1.54, 1.807) is 29.9 Å². The highest BCUT2D eigenvalue weighted by Crippen LogP contribution is 2.33. The van der Waals surface area contributed by atoms with E-state index in [-0.39, 0.29) is 0 Å². The van der Waals surface area contributed by atoms with Crippen LogP contribution in [0.15, 0.2) is 54.4 Å². The number of nitrogens with two attached hydrogens (primary N) is 1. The zero-order chi connectivity index (χ0) is 14.9. The van der Waals surface area contributed by atoms with E-state index in [9.17, 15) is 0 Å². The summed E-state index contributed by atoms with van der Waals surface area (Å²) in [6.07, 6.45) is 5.19. The van der Waals surface area contributed by atoms with Gasteiger partial charge in [-0.15, -0.1) is 11.3 Å². The Bertz CT molecular complexity index is 949. The van der Waals surface area contributed by atoms with Crippen molar-refractivity contribution < 1.29 is 0 Å². The summed E-state index contributed by atoms with van der Waals surface area (Å²) >= 11 is 1.59. The standard InChI is InChI=1S/C16H11N5S/c17-15-12(11-2-1-3-13-14(11)22-9-20-13)8-19-16(21-15)10-4-6-18-7-5-10/h1-9H,(H2,17,19,21). The average Bonchev–Trinajstić information content (AvgIpc) is 3.04. The number of nitrogen functional groups attached to an aromatic ring is 1. The van der Waals surface area contributed by atoms with Crippen molar-refractivity contribution in [3.63, 3.8) is 0 Å². The minimum absolute atomic E-state index is 0.461. The summed E-state index contributed by atoms with van der Waals surface area (Å²) in [6, 6.07) is 9.68. The highest BCUT2D eigenvalue weighted by molar-refractivity contribution is 7.17. The van der Waals surface area contributed by atoms with Crippen molar-refractivity contribution >= 4 is 27.4 Å². The second-order valence-corrected chi connectivity index (χ2v) is 5.59. The molecule has 1 aromatic carbocycles. The Morgan fingerprint density at radius 1 is 0.955 bits per heavy atom. The molecule has 2 N–H and O–H groups in total. The molecule has 0 aliphatic heterocycles. The first-order valence-electron chi connectivity index (χ1n) is 6.68. The lowest BCUT2D eigenvalue weighted by Gasteiger charge is -2.07. The van der Waals surface area contributed by atoms with Gasteiger partial charge < -0.3 is 5.73 Å². The number of pyridine rings is 1. The minimum atomic E-state index is 0.461. The summed E-state index contributed by atoms with van der Waals surface area (Å²) in [6.45, 7) is 0. The van der Waals surface area contributed by atoms with E-state index in [1.807, 2.05) is 35.8 Å². The van der Waals surface area contributed by atoms with E-state index in [4.69, 9.17) is 5.73 Å². The monoisotopic (exact) mass is 305 g/mol. The average molecular weight is 305 g/mol. The molecule has 6 heteroatoms. The highest BCUT2D eigenvalue weighted by atomic mass is 32.1. The first kappa shape index (κ1) is 12.8. The number of anilines is 1. The summed E-state index contributed by atoms with van der Waals surface area (Å²) in [7, 11) is 0.